The highest BCUT2D eigenvalue weighted by Crippen LogP contribution is 2.00. The topological polar surface area (TPSA) is 0 Å². The fourth-order valence-electron chi connectivity index (χ4n) is 0.428. The Hall–Kier alpha value is -0.430. The zero-order valence-electron chi connectivity index (χ0n) is 3.83. The molecule has 0 heterocycles. The van der Waals surface area contributed by atoms with Crippen molar-refractivity contribution in [2.45, 2.75) is 4.90 Å². The smallest absolute Gasteiger partial charge is 0.00399 e. The molecule has 0 atom stereocenters. The average molecular weight is 112 g/mol. The Morgan fingerprint density at radius 1 is 1.00 bits per heavy atom. The Morgan fingerprint density at radius 3 is 1.86 bits per heavy atom. The summed E-state index contributed by atoms with van der Waals surface area (Å²) in [5, 5.41) is 0. The zero-order valence-corrected chi connectivity index (χ0v) is 4.73. The first-order valence-corrected chi connectivity index (χ1v) is 2.58. The van der Waals surface area contributed by atoms with E-state index in [1.54, 1.807) is 0 Å². The molecule has 1 aromatic rings. The molecule has 0 aliphatic rings. The van der Waals surface area contributed by atoms with Crippen molar-refractivity contribution in [3.63, 3.8) is 0 Å². The van der Waals surface area contributed by atoms with Gasteiger partial charge in [0.15, 0.2) is 0 Å². The molecule has 0 aliphatic heterocycles. The standard InChI is InChI=1S/C6H6S/c7-6-4-2-1-3-5-6/h1-5,7H/i6+2. The van der Waals surface area contributed by atoms with Gasteiger partial charge in [0.05, 0.1) is 0 Å². The maximum absolute atomic E-state index is 4.08. The van der Waals surface area contributed by atoms with Gasteiger partial charge in [-0.2, -0.15) is 0 Å². The number of hydrogen-bond donors (Lipinski definition) is 1. The first-order valence-electron chi connectivity index (χ1n) is 2.13. The second-order valence-electron chi connectivity index (χ2n) is 1.34. The maximum atomic E-state index is 4.08. The van der Waals surface area contributed by atoms with E-state index in [2.05, 4.69) is 12.6 Å². The van der Waals surface area contributed by atoms with E-state index in [4.69, 9.17) is 0 Å². The van der Waals surface area contributed by atoms with Crippen molar-refractivity contribution in [3.8, 4) is 0 Å². The van der Waals surface area contributed by atoms with E-state index >= 15 is 0 Å². The number of rotatable bonds is 0. The maximum Gasteiger partial charge on any atom is 0.00399 e. The lowest BCUT2D eigenvalue weighted by Gasteiger charge is -1.81. The third kappa shape index (κ3) is 1.24. The molecule has 0 bridgehead atoms. The third-order valence-electron chi connectivity index (χ3n) is 0.756. The Labute approximate surface area is 48.6 Å². The molecule has 1 rings (SSSR count). The van der Waals surface area contributed by atoms with Gasteiger partial charge in [-0.05, 0) is 12.1 Å². The van der Waals surface area contributed by atoms with Crippen LogP contribution < -0.4 is 0 Å². The van der Waals surface area contributed by atoms with Gasteiger partial charge in [0, 0.05) is 4.90 Å². The molecule has 0 amide bonds. The Bertz CT molecular complexity index is 134. The lowest BCUT2D eigenvalue weighted by molar-refractivity contribution is 1.48. The van der Waals surface area contributed by atoms with Crippen molar-refractivity contribution in [2.75, 3.05) is 0 Å². The molecular weight excluding hydrogens is 106 g/mol. The van der Waals surface area contributed by atoms with Gasteiger partial charge in [-0.25, -0.2) is 0 Å². The number of thiol groups is 1. The van der Waals surface area contributed by atoms with Gasteiger partial charge in [-0.15, -0.1) is 12.6 Å². The van der Waals surface area contributed by atoms with E-state index in [1.165, 1.54) is 0 Å². The predicted molar refractivity (Wildman–Crippen MR) is 33.7 cm³/mol. The largest absolute Gasteiger partial charge is 0.143 e. The molecule has 1 heteroatoms. The highest BCUT2D eigenvalue weighted by molar-refractivity contribution is 7.80. The SMILES string of the molecule is S[14c]1ccccc1. The molecule has 1 aromatic carbocycles. The molecule has 0 nitrogen and oxygen atoms in total. The average Bonchev–Trinajstić information content (AvgIpc) is 1.69. The van der Waals surface area contributed by atoms with Crippen LogP contribution in [0.25, 0.3) is 0 Å². The van der Waals surface area contributed by atoms with Crippen molar-refractivity contribution in [1.29, 1.82) is 0 Å². The lowest BCUT2D eigenvalue weighted by atomic mass is 10.5. The monoisotopic (exact) mass is 112 g/mol. The fourth-order valence-corrected chi connectivity index (χ4v) is 0.600. The normalized spacial score (nSPS) is 8.71. The van der Waals surface area contributed by atoms with E-state index in [-0.39, 0.29) is 0 Å². The van der Waals surface area contributed by atoms with Gasteiger partial charge < -0.3 is 0 Å². The van der Waals surface area contributed by atoms with E-state index in [9.17, 15) is 0 Å². The molecule has 0 N–H and O–H groups in total. The van der Waals surface area contributed by atoms with Crippen LogP contribution in [0.15, 0.2) is 35.2 Å². The van der Waals surface area contributed by atoms with Crippen molar-refractivity contribution in [1.82, 2.24) is 0 Å². The summed E-state index contributed by atoms with van der Waals surface area (Å²) < 4.78 is 0. The second kappa shape index (κ2) is 2.03. The summed E-state index contributed by atoms with van der Waals surface area (Å²) in [4.78, 5) is 1.02. The van der Waals surface area contributed by atoms with Crippen molar-refractivity contribution in [2.24, 2.45) is 0 Å². The van der Waals surface area contributed by atoms with E-state index in [1.807, 2.05) is 30.3 Å². The molecule has 0 saturated heterocycles. The van der Waals surface area contributed by atoms with Gasteiger partial charge in [0.25, 0.3) is 0 Å². The summed E-state index contributed by atoms with van der Waals surface area (Å²) in [5.41, 5.74) is 0. The Balaban J connectivity index is 3.02. The van der Waals surface area contributed by atoms with Gasteiger partial charge in [0.1, 0.15) is 0 Å². The van der Waals surface area contributed by atoms with Gasteiger partial charge in [-0.3, -0.25) is 0 Å². The van der Waals surface area contributed by atoms with Crippen molar-refractivity contribution < 1.29 is 0 Å². The van der Waals surface area contributed by atoms with Crippen LogP contribution in [0.2, 0.25) is 0 Å². The highest BCUT2D eigenvalue weighted by atomic mass is 32.1. The van der Waals surface area contributed by atoms with Crippen LogP contribution in [0.4, 0.5) is 0 Å². The predicted octanol–water partition coefficient (Wildman–Crippen LogP) is 1.98. The van der Waals surface area contributed by atoms with Gasteiger partial charge in [0.2, 0.25) is 0 Å². The number of hydrogen-bond acceptors (Lipinski definition) is 1. The first-order chi connectivity index (χ1) is 3.39. The van der Waals surface area contributed by atoms with Crippen LogP contribution in [0.3, 0.4) is 0 Å². The van der Waals surface area contributed by atoms with Crippen LogP contribution in [-0.4, -0.2) is 0 Å². The van der Waals surface area contributed by atoms with E-state index in [0.717, 1.165) is 4.90 Å². The molecule has 0 unspecified atom stereocenters. The fraction of sp³-hybridized carbons (Fsp3) is 0. The lowest BCUT2D eigenvalue weighted by Crippen LogP contribution is -1.56. The van der Waals surface area contributed by atoms with Crippen molar-refractivity contribution in [3.05, 3.63) is 30.3 Å². The van der Waals surface area contributed by atoms with Crippen LogP contribution in [0, 0.1) is 0 Å². The minimum atomic E-state index is 1.02. The highest BCUT2D eigenvalue weighted by Gasteiger charge is 1.73. The van der Waals surface area contributed by atoms with Crippen molar-refractivity contribution >= 4 is 12.6 Å². The number of benzene rings is 1. The van der Waals surface area contributed by atoms with Crippen LogP contribution in [0.1, 0.15) is 0 Å². The molecular formula is C6H6S. The quantitative estimate of drug-likeness (QED) is 0.487. The van der Waals surface area contributed by atoms with Gasteiger partial charge in [-0.1, -0.05) is 18.2 Å². The molecule has 7 heavy (non-hydrogen) atoms. The summed E-state index contributed by atoms with van der Waals surface area (Å²) in [7, 11) is 0. The summed E-state index contributed by atoms with van der Waals surface area (Å²) in [6.45, 7) is 0. The minimum Gasteiger partial charge on any atom is -0.143 e. The second-order valence-corrected chi connectivity index (χ2v) is 1.85. The minimum absolute atomic E-state index is 1.02. The molecule has 0 fully saturated rings. The molecule has 0 aromatic heterocycles. The van der Waals surface area contributed by atoms with E-state index in [0.29, 0.717) is 0 Å². The van der Waals surface area contributed by atoms with Crippen LogP contribution >= 0.6 is 12.6 Å². The molecule has 0 spiro atoms. The molecule has 0 radical (unpaired) electrons. The Morgan fingerprint density at radius 2 is 1.57 bits per heavy atom. The molecule has 0 aliphatic carbocycles. The van der Waals surface area contributed by atoms with Gasteiger partial charge >= 0.3 is 0 Å². The Kier molecular flexibility index (Phi) is 1.37. The molecule has 0 saturated carbocycles. The van der Waals surface area contributed by atoms with E-state index < -0.39 is 0 Å². The summed E-state index contributed by atoms with van der Waals surface area (Å²) in [6, 6.07) is 9.79. The van der Waals surface area contributed by atoms with Crippen LogP contribution in [0.5, 0.6) is 0 Å². The molecule has 36 valence electrons. The summed E-state index contributed by atoms with van der Waals surface area (Å²) in [6.07, 6.45) is 0. The van der Waals surface area contributed by atoms with Crippen LogP contribution in [-0.2, 0) is 0 Å². The summed E-state index contributed by atoms with van der Waals surface area (Å²) >= 11 is 4.08. The first kappa shape index (κ1) is 4.72. The zero-order chi connectivity index (χ0) is 5.11. The third-order valence-corrected chi connectivity index (χ3v) is 1.05. The summed E-state index contributed by atoms with van der Waals surface area (Å²) in [5.74, 6) is 0.